The lowest BCUT2D eigenvalue weighted by molar-refractivity contribution is -0.121. The fourth-order valence-corrected chi connectivity index (χ4v) is 5.90. The van der Waals surface area contributed by atoms with Gasteiger partial charge in [0, 0.05) is 11.4 Å². The zero-order valence-corrected chi connectivity index (χ0v) is 21.4. The molecule has 1 N–H and O–H groups in total. The summed E-state index contributed by atoms with van der Waals surface area (Å²) >= 11 is 1.63. The Morgan fingerprint density at radius 1 is 1.24 bits per heavy atom. The summed E-state index contributed by atoms with van der Waals surface area (Å²) in [5.41, 5.74) is 2.29. The fourth-order valence-electron chi connectivity index (χ4n) is 4.65. The Morgan fingerprint density at radius 3 is 2.71 bits per heavy atom. The van der Waals surface area contributed by atoms with Gasteiger partial charge in [-0.15, -0.1) is 11.3 Å². The molecular weight excluding hydrogens is 450 g/mol. The van der Waals surface area contributed by atoms with Crippen LogP contribution < -0.4 is 20.3 Å². The van der Waals surface area contributed by atoms with Crippen LogP contribution in [0.15, 0.2) is 29.3 Å². The number of carbonyl (C=O) groups excluding carboxylic acids is 1. The maximum atomic E-state index is 13.2. The average Bonchev–Trinajstić information content (AvgIpc) is 3.18. The molecule has 3 aromatic rings. The van der Waals surface area contributed by atoms with Crippen molar-refractivity contribution >= 4 is 27.5 Å². The molecule has 1 amide bonds. The number of amides is 1. The molecule has 1 atom stereocenters. The van der Waals surface area contributed by atoms with E-state index in [1.807, 2.05) is 18.2 Å². The SMILES string of the molecule is COc1ccc(CCNC(=O)Cn2cnc3sc4c(c3c2=O)CCC(C(C)(C)C)C4)cc1OC. The fraction of sp³-hybridized carbons (Fsp3) is 0.500. The second-order valence-corrected chi connectivity index (χ2v) is 11.0. The van der Waals surface area contributed by atoms with Crippen LogP contribution in [-0.4, -0.2) is 36.2 Å². The minimum Gasteiger partial charge on any atom is -0.493 e. The maximum absolute atomic E-state index is 13.2. The van der Waals surface area contributed by atoms with E-state index >= 15 is 0 Å². The standard InChI is InChI=1S/C26H33N3O4S/c1-26(2,3)17-7-8-18-21(13-17)34-24-23(18)25(31)29(15-28-24)14-22(30)27-11-10-16-6-9-19(32-4)20(12-16)33-5/h6,9,12,15,17H,7-8,10-11,13-14H2,1-5H3,(H,27,30). The molecule has 0 spiro atoms. The third kappa shape index (κ3) is 4.97. The molecule has 182 valence electrons. The first-order chi connectivity index (χ1) is 16.2. The van der Waals surface area contributed by atoms with Gasteiger partial charge in [0.05, 0.1) is 25.9 Å². The number of aromatic nitrogens is 2. The molecule has 4 rings (SSSR count). The monoisotopic (exact) mass is 483 g/mol. The van der Waals surface area contributed by atoms with Gasteiger partial charge in [-0.25, -0.2) is 4.98 Å². The van der Waals surface area contributed by atoms with Gasteiger partial charge in [-0.05, 0) is 60.3 Å². The van der Waals surface area contributed by atoms with E-state index in [1.165, 1.54) is 15.8 Å². The van der Waals surface area contributed by atoms with Gasteiger partial charge in [-0.2, -0.15) is 0 Å². The molecule has 1 aliphatic rings. The molecule has 0 saturated carbocycles. The van der Waals surface area contributed by atoms with Crippen LogP contribution in [0, 0.1) is 11.3 Å². The van der Waals surface area contributed by atoms with E-state index in [4.69, 9.17) is 9.47 Å². The van der Waals surface area contributed by atoms with E-state index in [1.54, 1.807) is 25.6 Å². The van der Waals surface area contributed by atoms with Crippen molar-refractivity contribution in [2.45, 2.75) is 53.0 Å². The van der Waals surface area contributed by atoms with Crippen molar-refractivity contribution in [1.29, 1.82) is 0 Å². The van der Waals surface area contributed by atoms with Crippen LogP contribution >= 0.6 is 11.3 Å². The Kier molecular flexibility index (Phi) is 6.98. The van der Waals surface area contributed by atoms with Gasteiger partial charge in [0.2, 0.25) is 5.91 Å². The van der Waals surface area contributed by atoms with Gasteiger partial charge in [0.15, 0.2) is 11.5 Å². The van der Waals surface area contributed by atoms with Gasteiger partial charge in [-0.1, -0.05) is 26.8 Å². The number of benzene rings is 1. The van der Waals surface area contributed by atoms with Crippen LogP contribution in [0.2, 0.25) is 0 Å². The van der Waals surface area contributed by atoms with Crippen LogP contribution in [0.25, 0.3) is 10.2 Å². The normalized spacial score (nSPS) is 15.7. The number of hydrogen-bond donors (Lipinski definition) is 1. The molecule has 0 fully saturated rings. The highest BCUT2D eigenvalue weighted by atomic mass is 32.1. The first-order valence-corrected chi connectivity index (χ1v) is 12.5. The molecule has 0 aliphatic heterocycles. The summed E-state index contributed by atoms with van der Waals surface area (Å²) in [7, 11) is 3.19. The third-order valence-corrected chi connectivity index (χ3v) is 7.92. The Balaban J connectivity index is 1.42. The molecule has 0 radical (unpaired) electrons. The molecular formula is C26H33N3O4S. The summed E-state index contributed by atoms with van der Waals surface area (Å²) < 4.78 is 12.0. The third-order valence-electron chi connectivity index (χ3n) is 6.76. The molecule has 1 aliphatic carbocycles. The van der Waals surface area contributed by atoms with E-state index in [0.29, 0.717) is 35.8 Å². The Hall–Kier alpha value is -2.87. The summed E-state index contributed by atoms with van der Waals surface area (Å²) in [4.78, 5) is 32.4. The van der Waals surface area contributed by atoms with Gasteiger partial charge < -0.3 is 14.8 Å². The van der Waals surface area contributed by atoms with Crippen molar-refractivity contribution in [2.75, 3.05) is 20.8 Å². The van der Waals surface area contributed by atoms with Crippen molar-refractivity contribution < 1.29 is 14.3 Å². The Bertz CT molecular complexity index is 1260. The number of carbonyl (C=O) groups is 1. The molecule has 7 nitrogen and oxygen atoms in total. The first kappa shape index (κ1) is 24.3. The summed E-state index contributed by atoms with van der Waals surface area (Å²) in [6.07, 6.45) is 5.12. The summed E-state index contributed by atoms with van der Waals surface area (Å²) in [6, 6.07) is 5.69. The zero-order valence-electron chi connectivity index (χ0n) is 20.6. The summed E-state index contributed by atoms with van der Waals surface area (Å²) in [5.74, 6) is 1.72. The van der Waals surface area contributed by atoms with Crippen molar-refractivity contribution in [3.05, 3.63) is 50.9 Å². The topological polar surface area (TPSA) is 82.5 Å². The molecule has 1 aromatic carbocycles. The summed E-state index contributed by atoms with van der Waals surface area (Å²) in [5, 5.41) is 3.61. The second kappa shape index (κ2) is 9.78. The van der Waals surface area contributed by atoms with E-state index < -0.39 is 0 Å². The van der Waals surface area contributed by atoms with Crippen molar-refractivity contribution in [2.24, 2.45) is 11.3 Å². The smallest absolute Gasteiger partial charge is 0.262 e. The predicted molar refractivity (Wildman–Crippen MR) is 135 cm³/mol. The molecule has 0 saturated heterocycles. The van der Waals surface area contributed by atoms with Gasteiger partial charge >= 0.3 is 0 Å². The quantitative estimate of drug-likeness (QED) is 0.550. The number of hydrogen-bond acceptors (Lipinski definition) is 6. The largest absolute Gasteiger partial charge is 0.493 e. The molecule has 2 aromatic heterocycles. The van der Waals surface area contributed by atoms with Gasteiger partial charge in [-0.3, -0.25) is 14.2 Å². The molecule has 34 heavy (non-hydrogen) atoms. The van der Waals surface area contributed by atoms with Crippen LogP contribution in [-0.2, 0) is 30.6 Å². The molecule has 2 heterocycles. The number of aryl methyl sites for hydroxylation is 1. The number of rotatable bonds is 7. The highest BCUT2D eigenvalue weighted by Crippen LogP contribution is 2.41. The number of methoxy groups -OCH3 is 2. The van der Waals surface area contributed by atoms with E-state index in [-0.39, 0.29) is 23.4 Å². The number of nitrogens with zero attached hydrogens (tertiary/aromatic N) is 2. The number of ether oxygens (including phenoxy) is 2. The van der Waals surface area contributed by atoms with E-state index in [0.717, 1.165) is 35.2 Å². The maximum Gasteiger partial charge on any atom is 0.262 e. The molecule has 1 unspecified atom stereocenters. The number of thiophene rings is 1. The van der Waals surface area contributed by atoms with E-state index in [2.05, 4.69) is 31.1 Å². The van der Waals surface area contributed by atoms with Crippen LogP contribution in [0.4, 0.5) is 0 Å². The molecule has 0 bridgehead atoms. The van der Waals surface area contributed by atoms with Crippen molar-refractivity contribution in [3.63, 3.8) is 0 Å². The lowest BCUT2D eigenvalue weighted by Gasteiger charge is -2.33. The second-order valence-electron chi connectivity index (χ2n) is 9.96. The lowest BCUT2D eigenvalue weighted by Crippen LogP contribution is -2.33. The van der Waals surface area contributed by atoms with E-state index in [9.17, 15) is 9.59 Å². The predicted octanol–water partition coefficient (Wildman–Crippen LogP) is 3.99. The molecule has 8 heteroatoms. The van der Waals surface area contributed by atoms with Crippen LogP contribution in [0.3, 0.4) is 0 Å². The van der Waals surface area contributed by atoms with Crippen LogP contribution in [0.5, 0.6) is 11.5 Å². The summed E-state index contributed by atoms with van der Waals surface area (Å²) in [6.45, 7) is 7.27. The van der Waals surface area contributed by atoms with Crippen molar-refractivity contribution in [1.82, 2.24) is 14.9 Å². The van der Waals surface area contributed by atoms with Gasteiger partial charge in [0.1, 0.15) is 11.4 Å². The minimum atomic E-state index is -0.208. The van der Waals surface area contributed by atoms with Crippen molar-refractivity contribution in [3.8, 4) is 11.5 Å². The Morgan fingerprint density at radius 2 is 2.00 bits per heavy atom. The van der Waals surface area contributed by atoms with Gasteiger partial charge in [0.25, 0.3) is 5.56 Å². The highest BCUT2D eigenvalue weighted by molar-refractivity contribution is 7.18. The first-order valence-electron chi connectivity index (χ1n) is 11.7. The number of nitrogens with one attached hydrogen (secondary N) is 1. The highest BCUT2D eigenvalue weighted by Gasteiger charge is 2.31. The average molecular weight is 484 g/mol. The Labute approximate surface area is 204 Å². The minimum absolute atomic E-state index is 0.0387. The number of fused-ring (bicyclic) bond motifs is 3. The lowest BCUT2D eigenvalue weighted by atomic mass is 9.72. The van der Waals surface area contributed by atoms with Crippen LogP contribution in [0.1, 0.15) is 43.2 Å². The zero-order chi connectivity index (χ0) is 24.5.